The Balaban J connectivity index is 2.20. The van der Waals surface area contributed by atoms with Crippen LogP contribution in [0, 0.1) is 17.8 Å². The van der Waals surface area contributed by atoms with Crippen LogP contribution >= 0.6 is 0 Å². The number of ether oxygens (including phenoxy) is 2. The number of esters is 2. The molecule has 0 heterocycles. The first-order valence-electron chi connectivity index (χ1n) is 8.87. The number of carbonyl (C=O) groups excluding carboxylic acids is 2. The standard InChI is InChI=1S/C18H32O4/c1-4-21-17(19)15-10-8-11-16(13-15)18(20)22-12-7-5-6-9-14(2)3/h14-16H,4-13H2,1-3H3. The highest BCUT2D eigenvalue weighted by Gasteiger charge is 2.32. The fraction of sp³-hybridized carbons (Fsp3) is 0.889. The summed E-state index contributed by atoms with van der Waals surface area (Å²) in [6.07, 6.45) is 7.64. The lowest BCUT2D eigenvalue weighted by atomic mass is 9.81. The summed E-state index contributed by atoms with van der Waals surface area (Å²) in [5.74, 6) is 0.201. The molecule has 4 heteroatoms. The van der Waals surface area contributed by atoms with E-state index < -0.39 is 0 Å². The summed E-state index contributed by atoms with van der Waals surface area (Å²) in [6, 6.07) is 0. The average molecular weight is 312 g/mol. The summed E-state index contributed by atoms with van der Waals surface area (Å²) < 4.78 is 10.4. The van der Waals surface area contributed by atoms with E-state index in [1.807, 2.05) is 6.92 Å². The van der Waals surface area contributed by atoms with Crippen LogP contribution < -0.4 is 0 Å². The predicted molar refractivity (Wildman–Crippen MR) is 86.3 cm³/mol. The molecule has 0 aromatic carbocycles. The molecule has 0 saturated heterocycles. The molecule has 1 aliphatic rings. The van der Waals surface area contributed by atoms with E-state index in [9.17, 15) is 9.59 Å². The van der Waals surface area contributed by atoms with Gasteiger partial charge in [-0.25, -0.2) is 0 Å². The van der Waals surface area contributed by atoms with Crippen molar-refractivity contribution in [1.82, 2.24) is 0 Å². The van der Waals surface area contributed by atoms with Gasteiger partial charge in [-0.2, -0.15) is 0 Å². The van der Waals surface area contributed by atoms with E-state index in [0.29, 0.717) is 19.6 Å². The highest BCUT2D eigenvalue weighted by Crippen LogP contribution is 2.30. The van der Waals surface area contributed by atoms with Gasteiger partial charge in [-0.3, -0.25) is 9.59 Å². The number of rotatable bonds is 9. The molecule has 2 unspecified atom stereocenters. The van der Waals surface area contributed by atoms with Gasteiger partial charge in [0, 0.05) is 0 Å². The van der Waals surface area contributed by atoms with Crippen molar-refractivity contribution in [2.24, 2.45) is 17.8 Å². The molecule has 0 radical (unpaired) electrons. The van der Waals surface area contributed by atoms with Crippen LogP contribution in [-0.2, 0) is 19.1 Å². The predicted octanol–water partition coefficient (Wildman–Crippen LogP) is 4.12. The monoisotopic (exact) mass is 312 g/mol. The molecule has 0 aromatic rings. The van der Waals surface area contributed by atoms with Crippen molar-refractivity contribution in [2.45, 2.75) is 72.1 Å². The lowest BCUT2D eigenvalue weighted by Crippen LogP contribution is -2.29. The molecule has 0 bridgehead atoms. The number of unbranched alkanes of at least 4 members (excludes halogenated alkanes) is 2. The SMILES string of the molecule is CCOC(=O)C1CCCC(C(=O)OCCCCCC(C)C)C1. The number of hydrogen-bond donors (Lipinski definition) is 0. The van der Waals surface area contributed by atoms with Crippen LogP contribution in [0.1, 0.15) is 72.1 Å². The second-order valence-electron chi connectivity index (χ2n) is 6.72. The van der Waals surface area contributed by atoms with E-state index in [2.05, 4.69) is 13.8 Å². The van der Waals surface area contributed by atoms with E-state index in [-0.39, 0.29) is 23.8 Å². The van der Waals surface area contributed by atoms with Crippen LogP contribution in [0.15, 0.2) is 0 Å². The summed E-state index contributed by atoms with van der Waals surface area (Å²) >= 11 is 0. The zero-order valence-corrected chi connectivity index (χ0v) is 14.4. The zero-order chi connectivity index (χ0) is 16.4. The van der Waals surface area contributed by atoms with E-state index >= 15 is 0 Å². The molecule has 0 spiro atoms. The smallest absolute Gasteiger partial charge is 0.308 e. The maximum Gasteiger partial charge on any atom is 0.308 e. The third-order valence-electron chi connectivity index (χ3n) is 4.30. The lowest BCUT2D eigenvalue weighted by molar-refractivity contribution is -0.154. The van der Waals surface area contributed by atoms with Crippen molar-refractivity contribution in [3.63, 3.8) is 0 Å². The van der Waals surface area contributed by atoms with Crippen LogP contribution in [0.2, 0.25) is 0 Å². The first-order valence-corrected chi connectivity index (χ1v) is 8.87. The van der Waals surface area contributed by atoms with Gasteiger partial charge in [-0.15, -0.1) is 0 Å². The second kappa shape index (κ2) is 10.6. The molecule has 0 aliphatic heterocycles. The van der Waals surface area contributed by atoms with E-state index in [1.165, 1.54) is 12.8 Å². The molecule has 0 N–H and O–H groups in total. The minimum Gasteiger partial charge on any atom is -0.466 e. The lowest BCUT2D eigenvalue weighted by Gasteiger charge is -2.26. The van der Waals surface area contributed by atoms with Crippen molar-refractivity contribution < 1.29 is 19.1 Å². The van der Waals surface area contributed by atoms with Gasteiger partial charge in [0.1, 0.15) is 0 Å². The largest absolute Gasteiger partial charge is 0.466 e. The fourth-order valence-electron chi connectivity index (χ4n) is 3.00. The van der Waals surface area contributed by atoms with Crippen LogP contribution in [-0.4, -0.2) is 25.2 Å². The Morgan fingerprint density at radius 2 is 1.64 bits per heavy atom. The summed E-state index contributed by atoms with van der Waals surface area (Å²) in [7, 11) is 0. The second-order valence-corrected chi connectivity index (χ2v) is 6.72. The molecule has 1 aliphatic carbocycles. The summed E-state index contributed by atoms with van der Waals surface area (Å²) in [5.41, 5.74) is 0. The third-order valence-corrected chi connectivity index (χ3v) is 4.30. The van der Waals surface area contributed by atoms with Gasteiger partial charge in [0.15, 0.2) is 0 Å². The molecule has 4 nitrogen and oxygen atoms in total. The molecule has 0 amide bonds. The topological polar surface area (TPSA) is 52.6 Å². The molecule has 0 aromatic heterocycles. The number of hydrogen-bond acceptors (Lipinski definition) is 4. The highest BCUT2D eigenvalue weighted by atomic mass is 16.5. The van der Waals surface area contributed by atoms with Crippen LogP contribution in [0.4, 0.5) is 0 Å². The Morgan fingerprint density at radius 1 is 1.00 bits per heavy atom. The molecule has 1 saturated carbocycles. The Kier molecular flexibility index (Phi) is 9.17. The Morgan fingerprint density at radius 3 is 2.23 bits per heavy atom. The minimum atomic E-state index is -0.159. The Hall–Kier alpha value is -1.06. The van der Waals surface area contributed by atoms with Gasteiger partial charge in [-0.1, -0.05) is 39.5 Å². The van der Waals surface area contributed by atoms with Gasteiger partial charge in [0.2, 0.25) is 0 Å². The van der Waals surface area contributed by atoms with Gasteiger partial charge < -0.3 is 9.47 Å². The third kappa shape index (κ3) is 7.28. The molecular formula is C18H32O4. The van der Waals surface area contributed by atoms with Gasteiger partial charge >= 0.3 is 11.9 Å². The van der Waals surface area contributed by atoms with Gasteiger partial charge in [0.05, 0.1) is 25.0 Å². The van der Waals surface area contributed by atoms with E-state index in [4.69, 9.17) is 9.47 Å². The first-order chi connectivity index (χ1) is 10.5. The van der Waals surface area contributed by atoms with Crippen LogP contribution in [0.3, 0.4) is 0 Å². The zero-order valence-electron chi connectivity index (χ0n) is 14.4. The van der Waals surface area contributed by atoms with Crippen molar-refractivity contribution in [3.8, 4) is 0 Å². The highest BCUT2D eigenvalue weighted by molar-refractivity contribution is 5.76. The molecule has 22 heavy (non-hydrogen) atoms. The Bertz CT molecular complexity index is 338. The normalized spacial score (nSPS) is 21.6. The summed E-state index contributed by atoms with van der Waals surface area (Å²) in [6.45, 7) is 7.18. The van der Waals surface area contributed by atoms with Crippen molar-refractivity contribution in [1.29, 1.82) is 0 Å². The van der Waals surface area contributed by atoms with Crippen LogP contribution in [0.5, 0.6) is 0 Å². The van der Waals surface area contributed by atoms with Crippen LogP contribution in [0.25, 0.3) is 0 Å². The maximum absolute atomic E-state index is 12.1. The average Bonchev–Trinajstić information content (AvgIpc) is 2.50. The summed E-state index contributed by atoms with van der Waals surface area (Å²) in [5, 5.41) is 0. The minimum absolute atomic E-state index is 0.126. The molecular weight excluding hydrogens is 280 g/mol. The van der Waals surface area contributed by atoms with Gasteiger partial charge in [0.25, 0.3) is 0 Å². The fourth-order valence-corrected chi connectivity index (χ4v) is 3.00. The quantitative estimate of drug-likeness (QED) is 0.475. The van der Waals surface area contributed by atoms with Crippen molar-refractivity contribution in [2.75, 3.05) is 13.2 Å². The molecule has 2 atom stereocenters. The maximum atomic E-state index is 12.1. The molecule has 128 valence electrons. The molecule has 1 fully saturated rings. The summed E-state index contributed by atoms with van der Waals surface area (Å²) in [4.78, 5) is 23.9. The van der Waals surface area contributed by atoms with E-state index in [0.717, 1.165) is 38.0 Å². The van der Waals surface area contributed by atoms with Crippen molar-refractivity contribution >= 4 is 11.9 Å². The first kappa shape index (κ1) is 19.0. The molecule has 1 rings (SSSR count). The van der Waals surface area contributed by atoms with Crippen molar-refractivity contribution in [3.05, 3.63) is 0 Å². The Labute approximate surface area is 134 Å². The van der Waals surface area contributed by atoms with Gasteiger partial charge in [-0.05, 0) is 38.5 Å². The van der Waals surface area contributed by atoms with E-state index in [1.54, 1.807) is 0 Å². The number of carbonyl (C=O) groups is 2.